The molecule has 5 nitrogen and oxygen atoms in total. The molecule has 0 saturated carbocycles. The summed E-state index contributed by atoms with van der Waals surface area (Å²) in [5, 5.41) is 3.05. The monoisotopic (exact) mass is 423 g/mol. The minimum Gasteiger partial charge on any atom is -0.488 e. The third kappa shape index (κ3) is 3.80. The van der Waals surface area contributed by atoms with Crippen LogP contribution in [-0.4, -0.2) is 22.1 Å². The molecule has 0 bridgehead atoms. The summed E-state index contributed by atoms with van der Waals surface area (Å²) in [7, 11) is 0. The number of amides is 1. The lowest BCUT2D eigenvalue weighted by Gasteiger charge is -2.20. The Balaban J connectivity index is 1.46. The third-order valence-electron chi connectivity index (χ3n) is 4.52. The van der Waals surface area contributed by atoms with Crippen LogP contribution in [0.5, 0.6) is 5.75 Å². The van der Waals surface area contributed by atoms with Crippen molar-refractivity contribution in [2.75, 3.05) is 6.61 Å². The van der Waals surface area contributed by atoms with Crippen LogP contribution >= 0.6 is 15.9 Å². The van der Waals surface area contributed by atoms with E-state index in [1.165, 1.54) is 0 Å². The summed E-state index contributed by atoms with van der Waals surface area (Å²) in [4.78, 5) is 16.7. The maximum Gasteiger partial charge on any atom is 0.251 e. The van der Waals surface area contributed by atoms with Crippen LogP contribution in [0.3, 0.4) is 0 Å². The molecule has 4 rings (SSSR count). The molecule has 0 spiro atoms. The first-order chi connectivity index (χ1) is 13.1. The third-order valence-corrected chi connectivity index (χ3v) is 5.01. The summed E-state index contributed by atoms with van der Waals surface area (Å²) in [6.45, 7) is 2.24. The molecule has 1 atom stereocenters. The second kappa shape index (κ2) is 7.40. The number of ether oxygens (including phenoxy) is 1. The number of halogens is 1. The zero-order valence-corrected chi connectivity index (χ0v) is 16.3. The molecule has 2 heterocycles. The maximum atomic E-state index is 12.6. The van der Waals surface area contributed by atoms with Crippen LogP contribution in [0.1, 0.15) is 24.1 Å². The Morgan fingerprint density at radius 2 is 2.07 bits per heavy atom. The normalized spacial score (nSPS) is 13.9. The van der Waals surface area contributed by atoms with Crippen molar-refractivity contribution in [3.8, 4) is 11.4 Å². The van der Waals surface area contributed by atoms with Crippen LogP contribution in [0.4, 0.5) is 0 Å². The standard InChI is InChI=1S/C21H18BrN3O2/c1-14(15-2-5-19(6-3-15)25-9-8-23-13-25)24-21(26)17-10-16-11-18(22)4-7-20(16)27-12-17/h2-11,13-14H,12H2,1H3,(H,24,26)/t14-/m1/s1. The van der Waals surface area contributed by atoms with E-state index in [0.29, 0.717) is 5.57 Å². The van der Waals surface area contributed by atoms with E-state index in [1.807, 2.05) is 66.2 Å². The first-order valence-electron chi connectivity index (χ1n) is 8.62. The van der Waals surface area contributed by atoms with Crippen molar-refractivity contribution in [2.24, 2.45) is 0 Å². The number of fused-ring (bicyclic) bond motifs is 1. The first-order valence-corrected chi connectivity index (χ1v) is 9.41. The molecular formula is C21H18BrN3O2. The topological polar surface area (TPSA) is 56.1 Å². The summed E-state index contributed by atoms with van der Waals surface area (Å²) in [6.07, 6.45) is 7.28. The van der Waals surface area contributed by atoms with Gasteiger partial charge in [0.05, 0.1) is 17.9 Å². The number of hydrogen-bond donors (Lipinski definition) is 1. The molecule has 0 aliphatic carbocycles. The van der Waals surface area contributed by atoms with Crippen molar-refractivity contribution in [1.82, 2.24) is 14.9 Å². The summed E-state index contributed by atoms with van der Waals surface area (Å²) in [6, 6.07) is 13.7. The summed E-state index contributed by atoms with van der Waals surface area (Å²) in [5.41, 5.74) is 3.58. The minimum absolute atomic E-state index is 0.112. The van der Waals surface area contributed by atoms with Gasteiger partial charge in [-0.2, -0.15) is 0 Å². The van der Waals surface area contributed by atoms with Crippen LogP contribution < -0.4 is 10.1 Å². The predicted octanol–water partition coefficient (Wildman–Crippen LogP) is 4.29. The van der Waals surface area contributed by atoms with Gasteiger partial charge in [-0.1, -0.05) is 28.1 Å². The van der Waals surface area contributed by atoms with Crippen LogP contribution in [0.15, 0.2) is 71.2 Å². The highest BCUT2D eigenvalue weighted by Gasteiger charge is 2.19. The van der Waals surface area contributed by atoms with Gasteiger partial charge in [0.1, 0.15) is 12.4 Å². The molecule has 3 aromatic rings. The Labute approximate surface area is 165 Å². The van der Waals surface area contributed by atoms with E-state index in [4.69, 9.17) is 4.74 Å². The molecule has 1 N–H and O–H groups in total. The Morgan fingerprint density at radius 3 is 2.81 bits per heavy atom. The van der Waals surface area contributed by atoms with Crippen LogP contribution in [0.25, 0.3) is 11.8 Å². The van der Waals surface area contributed by atoms with Crippen LogP contribution in [-0.2, 0) is 4.79 Å². The van der Waals surface area contributed by atoms with Gasteiger partial charge in [-0.15, -0.1) is 0 Å². The highest BCUT2D eigenvalue weighted by Crippen LogP contribution is 2.29. The quantitative estimate of drug-likeness (QED) is 0.680. The largest absolute Gasteiger partial charge is 0.488 e. The molecule has 0 fully saturated rings. The summed E-state index contributed by atoms with van der Waals surface area (Å²) >= 11 is 3.45. The van der Waals surface area contributed by atoms with Gasteiger partial charge in [0.25, 0.3) is 5.91 Å². The van der Waals surface area contributed by atoms with Crippen molar-refractivity contribution in [1.29, 1.82) is 0 Å². The number of nitrogens with zero attached hydrogens (tertiary/aromatic N) is 2. The van der Waals surface area contributed by atoms with Crippen molar-refractivity contribution in [2.45, 2.75) is 13.0 Å². The zero-order chi connectivity index (χ0) is 18.8. The molecule has 1 aliphatic rings. The molecule has 1 aromatic heterocycles. The van der Waals surface area contributed by atoms with E-state index in [0.717, 1.165) is 27.0 Å². The fraction of sp³-hybridized carbons (Fsp3) is 0.143. The molecule has 27 heavy (non-hydrogen) atoms. The predicted molar refractivity (Wildman–Crippen MR) is 108 cm³/mol. The van der Waals surface area contributed by atoms with Gasteiger partial charge < -0.3 is 14.6 Å². The maximum absolute atomic E-state index is 12.6. The molecule has 6 heteroatoms. The average Bonchev–Trinajstić information content (AvgIpc) is 3.22. The number of rotatable bonds is 4. The van der Waals surface area contributed by atoms with E-state index < -0.39 is 0 Å². The first kappa shape index (κ1) is 17.5. The number of benzene rings is 2. The Morgan fingerprint density at radius 1 is 1.26 bits per heavy atom. The summed E-state index contributed by atoms with van der Waals surface area (Å²) in [5.74, 6) is 0.671. The number of carbonyl (C=O) groups is 1. The lowest BCUT2D eigenvalue weighted by Crippen LogP contribution is -2.30. The highest BCUT2D eigenvalue weighted by molar-refractivity contribution is 9.10. The lowest BCUT2D eigenvalue weighted by molar-refractivity contribution is -0.118. The highest BCUT2D eigenvalue weighted by atomic mass is 79.9. The number of imidazole rings is 1. The number of hydrogen-bond acceptors (Lipinski definition) is 3. The van der Waals surface area contributed by atoms with E-state index in [2.05, 4.69) is 26.2 Å². The smallest absolute Gasteiger partial charge is 0.251 e. The van der Waals surface area contributed by atoms with Gasteiger partial charge in [-0.05, 0) is 48.9 Å². The number of carbonyl (C=O) groups excluding carboxylic acids is 1. The van der Waals surface area contributed by atoms with Crippen molar-refractivity contribution < 1.29 is 9.53 Å². The van der Waals surface area contributed by atoms with Crippen LogP contribution in [0, 0.1) is 0 Å². The fourth-order valence-electron chi connectivity index (χ4n) is 3.00. The van der Waals surface area contributed by atoms with Crippen LogP contribution in [0.2, 0.25) is 0 Å². The van der Waals surface area contributed by atoms with E-state index in [9.17, 15) is 4.79 Å². The van der Waals surface area contributed by atoms with Gasteiger partial charge in [0.2, 0.25) is 0 Å². The van der Waals surface area contributed by atoms with E-state index in [-0.39, 0.29) is 18.6 Å². The average molecular weight is 424 g/mol. The molecular weight excluding hydrogens is 406 g/mol. The Kier molecular flexibility index (Phi) is 4.81. The van der Waals surface area contributed by atoms with Gasteiger partial charge in [0.15, 0.2) is 0 Å². The summed E-state index contributed by atoms with van der Waals surface area (Å²) < 4.78 is 8.59. The molecule has 1 aliphatic heterocycles. The second-order valence-corrected chi connectivity index (χ2v) is 7.31. The van der Waals surface area contributed by atoms with Gasteiger partial charge >= 0.3 is 0 Å². The lowest BCUT2D eigenvalue weighted by atomic mass is 10.0. The molecule has 0 saturated heterocycles. The molecule has 136 valence electrons. The van der Waals surface area contributed by atoms with Gasteiger partial charge in [0, 0.05) is 28.1 Å². The van der Waals surface area contributed by atoms with Crippen molar-refractivity contribution in [3.05, 3.63) is 82.4 Å². The molecule has 2 aromatic carbocycles. The fourth-order valence-corrected chi connectivity index (χ4v) is 3.38. The SMILES string of the molecule is C[C@@H](NC(=O)C1=Cc2cc(Br)ccc2OC1)c1ccc(-n2ccnc2)cc1. The second-order valence-electron chi connectivity index (χ2n) is 6.40. The Hall–Kier alpha value is -2.86. The van der Waals surface area contributed by atoms with Crippen molar-refractivity contribution in [3.63, 3.8) is 0 Å². The zero-order valence-electron chi connectivity index (χ0n) is 14.7. The molecule has 1 amide bonds. The van der Waals surface area contributed by atoms with Gasteiger partial charge in [-0.25, -0.2) is 4.98 Å². The van der Waals surface area contributed by atoms with Gasteiger partial charge in [-0.3, -0.25) is 4.79 Å². The molecule has 0 unspecified atom stereocenters. The van der Waals surface area contributed by atoms with E-state index in [1.54, 1.807) is 12.5 Å². The van der Waals surface area contributed by atoms with E-state index >= 15 is 0 Å². The number of aromatic nitrogens is 2. The number of nitrogens with one attached hydrogen (secondary N) is 1. The Bertz CT molecular complexity index is 995. The minimum atomic E-state index is -0.119. The van der Waals surface area contributed by atoms with Crippen molar-refractivity contribution >= 4 is 27.9 Å². The molecule has 0 radical (unpaired) electrons.